The first kappa shape index (κ1) is 13.3. The predicted molar refractivity (Wildman–Crippen MR) is 72.1 cm³/mol. The summed E-state index contributed by atoms with van der Waals surface area (Å²) in [4.78, 5) is 12.3. The van der Waals surface area contributed by atoms with E-state index in [4.69, 9.17) is 11.6 Å². The summed E-state index contributed by atoms with van der Waals surface area (Å²) in [6.07, 6.45) is 0. The molecule has 0 N–H and O–H groups in total. The van der Waals surface area contributed by atoms with Gasteiger partial charge in [0.15, 0.2) is 0 Å². The van der Waals surface area contributed by atoms with E-state index < -0.39 is 5.92 Å². The number of nitrogens with zero attached hydrogens (tertiary/aromatic N) is 3. The van der Waals surface area contributed by atoms with Crippen molar-refractivity contribution in [2.24, 2.45) is 7.05 Å². The van der Waals surface area contributed by atoms with E-state index in [0.29, 0.717) is 16.3 Å². The number of halogens is 1. The van der Waals surface area contributed by atoms with Gasteiger partial charge in [-0.2, -0.15) is 10.4 Å². The maximum Gasteiger partial charge on any atom is 0.204 e. The van der Waals surface area contributed by atoms with Crippen molar-refractivity contribution in [2.45, 2.75) is 12.8 Å². The van der Waals surface area contributed by atoms with E-state index in [1.165, 1.54) is 0 Å². The Hall–Kier alpha value is -2.12. The zero-order valence-electron chi connectivity index (χ0n) is 10.6. The molecule has 0 bridgehead atoms. The van der Waals surface area contributed by atoms with Crippen LogP contribution in [0, 0.1) is 18.3 Å². The Morgan fingerprint density at radius 2 is 2.05 bits per heavy atom. The van der Waals surface area contributed by atoms with Gasteiger partial charge in [0.05, 0.1) is 6.07 Å². The van der Waals surface area contributed by atoms with E-state index >= 15 is 0 Å². The maximum absolute atomic E-state index is 12.3. The largest absolute Gasteiger partial charge is 0.290 e. The number of ketones is 1. The van der Waals surface area contributed by atoms with E-state index in [1.807, 2.05) is 13.0 Å². The third-order valence-corrected chi connectivity index (χ3v) is 3.21. The van der Waals surface area contributed by atoms with Crippen LogP contribution in [0.25, 0.3) is 0 Å². The van der Waals surface area contributed by atoms with Crippen LogP contribution in [-0.4, -0.2) is 15.6 Å². The van der Waals surface area contributed by atoms with Crippen LogP contribution in [0.2, 0.25) is 5.02 Å². The molecular formula is C14H12ClN3O. The van der Waals surface area contributed by atoms with Crippen molar-refractivity contribution < 1.29 is 4.79 Å². The molecule has 1 aromatic carbocycles. The van der Waals surface area contributed by atoms with Gasteiger partial charge in [0.2, 0.25) is 5.78 Å². The number of rotatable bonds is 3. The quantitative estimate of drug-likeness (QED) is 0.808. The van der Waals surface area contributed by atoms with Gasteiger partial charge in [-0.3, -0.25) is 9.48 Å². The summed E-state index contributed by atoms with van der Waals surface area (Å²) in [5.74, 6) is -1.15. The monoisotopic (exact) mass is 273 g/mol. The summed E-state index contributed by atoms with van der Waals surface area (Å²) in [7, 11) is 1.76. The molecule has 1 aromatic heterocycles. The normalized spacial score (nSPS) is 11.9. The molecule has 0 saturated carbocycles. The summed E-state index contributed by atoms with van der Waals surface area (Å²) < 4.78 is 1.61. The van der Waals surface area contributed by atoms with E-state index in [-0.39, 0.29) is 5.78 Å². The van der Waals surface area contributed by atoms with Crippen molar-refractivity contribution in [1.29, 1.82) is 5.26 Å². The van der Waals surface area contributed by atoms with Gasteiger partial charge in [-0.1, -0.05) is 23.7 Å². The fraction of sp³-hybridized carbons (Fsp3) is 0.214. The molecular weight excluding hydrogens is 262 g/mol. The number of carbonyl (C=O) groups excluding carboxylic acids is 1. The van der Waals surface area contributed by atoms with Crippen LogP contribution in [0.1, 0.15) is 27.7 Å². The van der Waals surface area contributed by atoms with E-state index in [9.17, 15) is 10.1 Å². The second-order valence-corrected chi connectivity index (χ2v) is 4.71. The van der Waals surface area contributed by atoms with Crippen molar-refractivity contribution >= 4 is 17.4 Å². The second-order valence-electron chi connectivity index (χ2n) is 4.27. The van der Waals surface area contributed by atoms with Crippen LogP contribution in [0.3, 0.4) is 0 Å². The SMILES string of the molecule is Cc1cc(C(=O)C(C#N)c2ccc(Cl)cc2)nn1C. The van der Waals surface area contributed by atoms with Gasteiger partial charge in [-0.05, 0) is 30.7 Å². The number of aromatic nitrogens is 2. The van der Waals surface area contributed by atoms with E-state index in [2.05, 4.69) is 5.10 Å². The lowest BCUT2D eigenvalue weighted by molar-refractivity contribution is 0.0973. The topological polar surface area (TPSA) is 58.7 Å². The Morgan fingerprint density at radius 3 is 2.53 bits per heavy atom. The molecule has 0 saturated heterocycles. The van der Waals surface area contributed by atoms with Crippen LogP contribution < -0.4 is 0 Å². The van der Waals surface area contributed by atoms with Crippen molar-refractivity contribution in [1.82, 2.24) is 9.78 Å². The van der Waals surface area contributed by atoms with Crippen molar-refractivity contribution in [3.8, 4) is 6.07 Å². The predicted octanol–water partition coefficient (Wildman–Crippen LogP) is 2.87. The van der Waals surface area contributed by atoms with Gasteiger partial charge in [0.25, 0.3) is 0 Å². The minimum atomic E-state index is -0.855. The van der Waals surface area contributed by atoms with Gasteiger partial charge in [0.1, 0.15) is 11.6 Å². The molecule has 2 aromatic rings. The Labute approximate surface area is 116 Å². The Kier molecular flexibility index (Phi) is 3.68. The van der Waals surface area contributed by atoms with Crippen LogP contribution in [0.4, 0.5) is 0 Å². The Morgan fingerprint density at radius 1 is 1.42 bits per heavy atom. The number of aryl methyl sites for hydroxylation is 2. The lowest BCUT2D eigenvalue weighted by atomic mass is 9.94. The lowest BCUT2D eigenvalue weighted by Gasteiger charge is -2.06. The minimum Gasteiger partial charge on any atom is -0.290 e. The number of hydrogen-bond acceptors (Lipinski definition) is 3. The first-order valence-electron chi connectivity index (χ1n) is 5.73. The molecule has 0 aliphatic rings. The summed E-state index contributed by atoms with van der Waals surface area (Å²) >= 11 is 5.80. The molecule has 0 amide bonds. The molecule has 96 valence electrons. The zero-order chi connectivity index (χ0) is 14.0. The first-order valence-corrected chi connectivity index (χ1v) is 6.10. The fourth-order valence-electron chi connectivity index (χ4n) is 1.77. The summed E-state index contributed by atoms with van der Waals surface area (Å²) in [6.45, 7) is 1.85. The summed E-state index contributed by atoms with van der Waals surface area (Å²) in [5, 5.41) is 13.9. The molecule has 2 rings (SSSR count). The van der Waals surface area contributed by atoms with Crippen molar-refractivity contribution in [3.63, 3.8) is 0 Å². The van der Waals surface area contributed by atoms with Gasteiger partial charge in [-0.25, -0.2) is 0 Å². The third-order valence-electron chi connectivity index (χ3n) is 2.96. The number of benzene rings is 1. The maximum atomic E-state index is 12.3. The van der Waals surface area contributed by atoms with Crippen LogP contribution in [0.5, 0.6) is 0 Å². The highest BCUT2D eigenvalue weighted by atomic mass is 35.5. The van der Waals surface area contributed by atoms with Crippen LogP contribution >= 0.6 is 11.6 Å². The number of hydrogen-bond donors (Lipinski definition) is 0. The molecule has 1 atom stereocenters. The molecule has 0 spiro atoms. The molecule has 0 aliphatic carbocycles. The van der Waals surface area contributed by atoms with Gasteiger partial charge >= 0.3 is 0 Å². The van der Waals surface area contributed by atoms with E-state index in [1.54, 1.807) is 42.1 Å². The second kappa shape index (κ2) is 5.25. The van der Waals surface area contributed by atoms with E-state index in [0.717, 1.165) is 5.69 Å². The van der Waals surface area contributed by atoms with Gasteiger partial charge < -0.3 is 0 Å². The van der Waals surface area contributed by atoms with Gasteiger partial charge in [-0.15, -0.1) is 0 Å². The molecule has 0 radical (unpaired) electrons. The van der Waals surface area contributed by atoms with Gasteiger partial charge in [0, 0.05) is 17.8 Å². The number of carbonyl (C=O) groups is 1. The Bertz CT molecular complexity index is 633. The van der Waals surface area contributed by atoms with Crippen molar-refractivity contribution in [2.75, 3.05) is 0 Å². The molecule has 0 fully saturated rings. The minimum absolute atomic E-state index is 0.298. The highest BCUT2D eigenvalue weighted by Gasteiger charge is 2.24. The number of nitriles is 1. The fourth-order valence-corrected chi connectivity index (χ4v) is 1.89. The lowest BCUT2D eigenvalue weighted by Crippen LogP contribution is -2.12. The molecule has 5 heteroatoms. The highest BCUT2D eigenvalue weighted by Crippen LogP contribution is 2.22. The average molecular weight is 274 g/mol. The standard InChI is InChI=1S/C14H12ClN3O/c1-9-7-13(17-18(9)2)14(19)12(8-16)10-3-5-11(15)6-4-10/h3-7,12H,1-2H3. The Balaban J connectivity index is 2.35. The molecule has 1 unspecified atom stereocenters. The van der Waals surface area contributed by atoms with Crippen LogP contribution in [0.15, 0.2) is 30.3 Å². The first-order chi connectivity index (χ1) is 9.02. The smallest absolute Gasteiger partial charge is 0.204 e. The molecule has 4 nitrogen and oxygen atoms in total. The number of Topliss-reactive ketones (excluding diaryl/α,β-unsaturated/α-hetero) is 1. The average Bonchev–Trinajstić information content (AvgIpc) is 2.73. The summed E-state index contributed by atoms with van der Waals surface area (Å²) in [5.41, 5.74) is 1.80. The zero-order valence-corrected chi connectivity index (χ0v) is 11.3. The molecule has 19 heavy (non-hydrogen) atoms. The van der Waals surface area contributed by atoms with Crippen LogP contribution in [-0.2, 0) is 7.05 Å². The summed E-state index contributed by atoms with van der Waals surface area (Å²) in [6, 6.07) is 10.4. The van der Waals surface area contributed by atoms with Crippen molar-refractivity contribution in [3.05, 3.63) is 52.3 Å². The highest BCUT2D eigenvalue weighted by molar-refractivity contribution is 6.30. The molecule has 1 heterocycles. The third kappa shape index (κ3) is 2.67. The molecule has 0 aliphatic heterocycles.